The van der Waals surface area contributed by atoms with Crippen LogP contribution in [0.25, 0.3) is 0 Å². The van der Waals surface area contributed by atoms with E-state index in [0.29, 0.717) is 6.54 Å². The first-order valence-corrected chi connectivity index (χ1v) is 5.90. The summed E-state index contributed by atoms with van der Waals surface area (Å²) < 4.78 is 0. The molecule has 1 aliphatic rings. The zero-order valence-corrected chi connectivity index (χ0v) is 9.74. The molecular formula is C11H23N3O. The van der Waals surface area contributed by atoms with Crippen LogP contribution in [0, 0.1) is 0 Å². The number of carbonyl (C=O) groups excluding carboxylic acids is 1. The lowest BCUT2D eigenvalue weighted by Crippen LogP contribution is -2.34. The van der Waals surface area contributed by atoms with Crippen LogP contribution in [0.15, 0.2) is 0 Å². The third-order valence-corrected chi connectivity index (χ3v) is 2.93. The Morgan fingerprint density at radius 2 is 2.07 bits per heavy atom. The van der Waals surface area contributed by atoms with Crippen molar-refractivity contribution in [2.45, 2.75) is 25.7 Å². The molecule has 0 aromatic heterocycles. The van der Waals surface area contributed by atoms with E-state index in [1.807, 2.05) is 11.9 Å². The molecule has 0 saturated carbocycles. The molecule has 0 aromatic rings. The molecule has 0 spiro atoms. The van der Waals surface area contributed by atoms with E-state index in [2.05, 4.69) is 4.90 Å². The molecule has 0 unspecified atom stereocenters. The van der Waals surface area contributed by atoms with Crippen LogP contribution in [0.5, 0.6) is 0 Å². The molecule has 1 heterocycles. The van der Waals surface area contributed by atoms with Crippen molar-refractivity contribution in [1.29, 1.82) is 0 Å². The Bertz CT molecular complexity index is 196. The van der Waals surface area contributed by atoms with Gasteiger partial charge in [-0.25, -0.2) is 0 Å². The van der Waals surface area contributed by atoms with Gasteiger partial charge in [0.2, 0.25) is 5.91 Å². The number of amides is 1. The highest BCUT2D eigenvalue weighted by Gasteiger charge is 2.17. The Morgan fingerprint density at radius 1 is 1.27 bits per heavy atom. The van der Waals surface area contributed by atoms with E-state index in [9.17, 15) is 4.79 Å². The summed E-state index contributed by atoms with van der Waals surface area (Å²) >= 11 is 0. The molecule has 15 heavy (non-hydrogen) atoms. The Kier molecular flexibility index (Phi) is 5.65. The van der Waals surface area contributed by atoms with E-state index in [-0.39, 0.29) is 5.91 Å². The molecule has 1 rings (SSSR count). The molecule has 2 N–H and O–H groups in total. The molecule has 0 aliphatic carbocycles. The second kappa shape index (κ2) is 6.80. The van der Waals surface area contributed by atoms with Crippen molar-refractivity contribution >= 4 is 5.91 Å². The van der Waals surface area contributed by atoms with E-state index in [0.717, 1.165) is 45.4 Å². The zero-order chi connectivity index (χ0) is 11.1. The molecule has 1 fully saturated rings. The fourth-order valence-corrected chi connectivity index (χ4v) is 1.89. The van der Waals surface area contributed by atoms with Gasteiger partial charge in [-0.2, -0.15) is 0 Å². The van der Waals surface area contributed by atoms with E-state index >= 15 is 0 Å². The van der Waals surface area contributed by atoms with Crippen LogP contribution in [-0.4, -0.2) is 55.5 Å². The van der Waals surface area contributed by atoms with Crippen LogP contribution in [0.2, 0.25) is 0 Å². The van der Waals surface area contributed by atoms with Crippen LogP contribution in [0.3, 0.4) is 0 Å². The van der Waals surface area contributed by atoms with Gasteiger partial charge in [0.05, 0.1) is 6.54 Å². The van der Waals surface area contributed by atoms with Gasteiger partial charge in [-0.05, 0) is 32.4 Å². The standard InChI is InChI=1S/C11H23N3O/c1-13-7-5-9-14(10-11(13)15)8-4-2-3-6-12/h2-10,12H2,1H3. The monoisotopic (exact) mass is 213 g/mol. The summed E-state index contributed by atoms with van der Waals surface area (Å²) in [6, 6.07) is 0. The van der Waals surface area contributed by atoms with E-state index < -0.39 is 0 Å². The predicted octanol–water partition coefficient (Wildman–Crippen LogP) is 0.280. The minimum atomic E-state index is 0.256. The molecule has 1 saturated heterocycles. The summed E-state index contributed by atoms with van der Waals surface area (Å²) in [5.41, 5.74) is 5.44. The van der Waals surface area contributed by atoms with Gasteiger partial charge in [-0.1, -0.05) is 6.42 Å². The third kappa shape index (κ3) is 4.62. The molecule has 1 aliphatic heterocycles. The largest absolute Gasteiger partial charge is 0.345 e. The Hall–Kier alpha value is -0.610. The predicted molar refractivity (Wildman–Crippen MR) is 61.6 cm³/mol. The van der Waals surface area contributed by atoms with Crippen molar-refractivity contribution in [3.63, 3.8) is 0 Å². The number of carbonyl (C=O) groups is 1. The van der Waals surface area contributed by atoms with Crippen molar-refractivity contribution in [3.05, 3.63) is 0 Å². The van der Waals surface area contributed by atoms with Gasteiger partial charge in [0.1, 0.15) is 0 Å². The second-order valence-electron chi connectivity index (χ2n) is 4.29. The summed E-state index contributed by atoms with van der Waals surface area (Å²) in [7, 11) is 1.89. The minimum Gasteiger partial charge on any atom is -0.345 e. The van der Waals surface area contributed by atoms with Crippen molar-refractivity contribution in [2.75, 3.05) is 39.8 Å². The van der Waals surface area contributed by atoms with Crippen LogP contribution in [0.4, 0.5) is 0 Å². The topological polar surface area (TPSA) is 49.6 Å². The number of rotatable bonds is 5. The van der Waals surface area contributed by atoms with Gasteiger partial charge >= 0.3 is 0 Å². The van der Waals surface area contributed by atoms with E-state index in [4.69, 9.17) is 5.73 Å². The molecule has 0 bridgehead atoms. The highest BCUT2D eigenvalue weighted by atomic mass is 16.2. The summed E-state index contributed by atoms with van der Waals surface area (Å²) in [5.74, 6) is 0.256. The average Bonchev–Trinajstić information content (AvgIpc) is 2.37. The normalized spacial score (nSPS) is 19.3. The fraction of sp³-hybridized carbons (Fsp3) is 0.909. The van der Waals surface area contributed by atoms with Crippen LogP contribution >= 0.6 is 0 Å². The van der Waals surface area contributed by atoms with Crippen molar-refractivity contribution in [3.8, 4) is 0 Å². The van der Waals surface area contributed by atoms with Gasteiger partial charge in [0.15, 0.2) is 0 Å². The lowest BCUT2D eigenvalue weighted by Gasteiger charge is -2.18. The first kappa shape index (κ1) is 12.5. The van der Waals surface area contributed by atoms with Crippen molar-refractivity contribution in [2.24, 2.45) is 5.73 Å². The lowest BCUT2D eigenvalue weighted by molar-refractivity contribution is -0.129. The smallest absolute Gasteiger partial charge is 0.236 e. The number of unbranched alkanes of at least 4 members (excludes halogenated alkanes) is 2. The number of nitrogens with zero attached hydrogens (tertiary/aromatic N) is 2. The van der Waals surface area contributed by atoms with Gasteiger partial charge < -0.3 is 10.6 Å². The Balaban J connectivity index is 2.20. The maximum atomic E-state index is 11.6. The molecule has 4 heteroatoms. The number of hydrogen-bond acceptors (Lipinski definition) is 3. The second-order valence-corrected chi connectivity index (χ2v) is 4.29. The van der Waals surface area contributed by atoms with E-state index in [1.165, 1.54) is 6.42 Å². The highest BCUT2D eigenvalue weighted by Crippen LogP contribution is 2.04. The minimum absolute atomic E-state index is 0.256. The summed E-state index contributed by atoms with van der Waals surface area (Å²) in [5, 5.41) is 0. The molecule has 88 valence electrons. The first-order valence-electron chi connectivity index (χ1n) is 5.90. The van der Waals surface area contributed by atoms with Gasteiger partial charge in [-0.15, -0.1) is 0 Å². The van der Waals surface area contributed by atoms with Crippen LogP contribution in [0.1, 0.15) is 25.7 Å². The Morgan fingerprint density at radius 3 is 2.80 bits per heavy atom. The van der Waals surface area contributed by atoms with Gasteiger partial charge in [0, 0.05) is 20.1 Å². The maximum absolute atomic E-state index is 11.6. The lowest BCUT2D eigenvalue weighted by atomic mass is 10.2. The van der Waals surface area contributed by atoms with Crippen LogP contribution < -0.4 is 5.73 Å². The van der Waals surface area contributed by atoms with Gasteiger partial charge in [0.25, 0.3) is 0 Å². The molecule has 4 nitrogen and oxygen atoms in total. The van der Waals surface area contributed by atoms with Crippen molar-refractivity contribution < 1.29 is 4.79 Å². The first-order chi connectivity index (χ1) is 7.24. The summed E-state index contributed by atoms with van der Waals surface area (Å²) in [6.07, 6.45) is 4.53. The third-order valence-electron chi connectivity index (χ3n) is 2.93. The molecule has 0 atom stereocenters. The van der Waals surface area contributed by atoms with E-state index in [1.54, 1.807) is 0 Å². The summed E-state index contributed by atoms with van der Waals surface area (Å²) in [4.78, 5) is 15.7. The highest BCUT2D eigenvalue weighted by molar-refractivity contribution is 5.78. The molecule has 0 radical (unpaired) electrons. The molecular weight excluding hydrogens is 190 g/mol. The average molecular weight is 213 g/mol. The summed E-state index contributed by atoms with van der Waals surface area (Å²) in [6.45, 7) is 4.37. The Labute approximate surface area is 92.4 Å². The molecule has 1 amide bonds. The quantitative estimate of drug-likeness (QED) is 0.667. The molecule has 0 aromatic carbocycles. The fourth-order valence-electron chi connectivity index (χ4n) is 1.89. The van der Waals surface area contributed by atoms with Gasteiger partial charge in [-0.3, -0.25) is 9.69 Å². The SMILES string of the molecule is CN1CCCN(CCCCCN)CC1=O. The number of hydrogen-bond donors (Lipinski definition) is 1. The van der Waals surface area contributed by atoms with Crippen molar-refractivity contribution in [1.82, 2.24) is 9.80 Å². The number of nitrogens with two attached hydrogens (primary N) is 1. The number of likely N-dealkylation sites (N-methyl/N-ethyl adjacent to an activating group) is 1. The van der Waals surface area contributed by atoms with Crippen LogP contribution in [-0.2, 0) is 4.79 Å². The maximum Gasteiger partial charge on any atom is 0.236 e. The zero-order valence-electron chi connectivity index (χ0n) is 9.74.